The zero-order valence-corrected chi connectivity index (χ0v) is 7.73. The number of allylic oxidation sites excluding steroid dienone is 1. The number of hydrogen-bond acceptors (Lipinski definition) is 3. The molecule has 11 heavy (non-hydrogen) atoms. The van der Waals surface area contributed by atoms with E-state index in [0.29, 0.717) is 0 Å². The number of aliphatic hydroxyl groups is 1. The highest BCUT2D eigenvalue weighted by Crippen LogP contribution is 2.07. The standard InChI is InChI=1S/C8H14O2S/c1-3-5-7(9)6-8(10)11-4-2/h3,5,7,9H,4,6H2,1-2H3/b5-3+/t7-/m0/s1. The Morgan fingerprint density at radius 3 is 2.82 bits per heavy atom. The number of carbonyl (C=O) groups is 1. The number of rotatable bonds is 4. The smallest absolute Gasteiger partial charge is 0.191 e. The molecule has 0 heterocycles. The second-order valence-corrected chi connectivity index (χ2v) is 3.42. The van der Waals surface area contributed by atoms with Crippen molar-refractivity contribution in [3.63, 3.8) is 0 Å². The molecule has 0 bridgehead atoms. The van der Waals surface area contributed by atoms with Crippen LogP contribution in [0.4, 0.5) is 0 Å². The van der Waals surface area contributed by atoms with Crippen LogP contribution in [0.15, 0.2) is 12.2 Å². The Hall–Kier alpha value is -0.280. The van der Waals surface area contributed by atoms with Gasteiger partial charge in [0.2, 0.25) is 0 Å². The van der Waals surface area contributed by atoms with Crippen molar-refractivity contribution in [3.05, 3.63) is 12.2 Å². The summed E-state index contributed by atoms with van der Waals surface area (Å²) in [5, 5.41) is 9.18. The fraction of sp³-hybridized carbons (Fsp3) is 0.625. The summed E-state index contributed by atoms with van der Waals surface area (Å²) in [6.07, 6.45) is 2.98. The Labute approximate surface area is 71.7 Å². The van der Waals surface area contributed by atoms with Gasteiger partial charge >= 0.3 is 0 Å². The molecule has 0 aliphatic rings. The van der Waals surface area contributed by atoms with Crippen LogP contribution in [0.25, 0.3) is 0 Å². The zero-order valence-electron chi connectivity index (χ0n) is 6.91. The van der Waals surface area contributed by atoms with E-state index in [2.05, 4.69) is 0 Å². The number of hydrogen-bond donors (Lipinski definition) is 1. The van der Waals surface area contributed by atoms with E-state index in [1.165, 1.54) is 11.8 Å². The van der Waals surface area contributed by atoms with Crippen LogP contribution in [-0.4, -0.2) is 22.1 Å². The van der Waals surface area contributed by atoms with Gasteiger partial charge in [-0.15, -0.1) is 0 Å². The topological polar surface area (TPSA) is 37.3 Å². The monoisotopic (exact) mass is 174 g/mol. The Morgan fingerprint density at radius 2 is 2.36 bits per heavy atom. The van der Waals surface area contributed by atoms with Crippen molar-refractivity contribution in [1.29, 1.82) is 0 Å². The minimum absolute atomic E-state index is 0.0538. The third-order valence-electron chi connectivity index (χ3n) is 1.10. The van der Waals surface area contributed by atoms with Gasteiger partial charge in [-0.05, 0) is 12.7 Å². The molecule has 3 heteroatoms. The van der Waals surface area contributed by atoms with E-state index in [-0.39, 0.29) is 11.5 Å². The van der Waals surface area contributed by atoms with Crippen molar-refractivity contribution in [2.24, 2.45) is 0 Å². The fourth-order valence-corrected chi connectivity index (χ4v) is 1.29. The first-order valence-corrected chi connectivity index (χ1v) is 4.65. The molecule has 0 rings (SSSR count). The van der Waals surface area contributed by atoms with E-state index >= 15 is 0 Å². The van der Waals surface area contributed by atoms with Gasteiger partial charge in [-0.3, -0.25) is 4.79 Å². The fourth-order valence-electron chi connectivity index (χ4n) is 0.681. The molecule has 0 aromatic rings. The average molecular weight is 174 g/mol. The highest BCUT2D eigenvalue weighted by atomic mass is 32.2. The largest absolute Gasteiger partial charge is 0.389 e. The zero-order chi connectivity index (χ0) is 8.69. The van der Waals surface area contributed by atoms with Gasteiger partial charge in [-0.1, -0.05) is 30.8 Å². The predicted molar refractivity (Wildman–Crippen MR) is 48.6 cm³/mol. The number of thioether (sulfide) groups is 1. The molecule has 0 aliphatic carbocycles. The van der Waals surface area contributed by atoms with E-state index in [1.54, 1.807) is 12.2 Å². The Balaban J connectivity index is 3.57. The summed E-state index contributed by atoms with van der Waals surface area (Å²) in [5.74, 6) is 0.779. The molecular weight excluding hydrogens is 160 g/mol. The minimum atomic E-state index is -0.605. The first-order valence-electron chi connectivity index (χ1n) is 3.67. The van der Waals surface area contributed by atoms with E-state index in [4.69, 9.17) is 5.11 Å². The summed E-state index contributed by atoms with van der Waals surface area (Å²) in [6, 6.07) is 0. The lowest BCUT2D eigenvalue weighted by molar-refractivity contribution is -0.112. The van der Waals surface area contributed by atoms with Crippen LogP contribution in [0.1, 0.15) is 20.3 Å². The molecule has 0 fully saturated rings. The molecule has 0 unspecified atom stereocenters. The van der Waals surface area contributed by atoms with Gasteiger partial charge < -0.3 is 5.11 Å². The lowest BCUT2D eigenvalue weighted by Crippen LogP contribution is -2.07. The van der Waals surface area contributed by atoms with Crippen molar-refractivity contribution in [1.82, 2.24) is 0 Å². The van der Waals surface area contributed by atoms with E-state index in [1.807, 2.05) is 13.8 Å². The Morgan fingerprint density at radius 1 is 1.73 bits per heavy atom. The van der Waals surface area contributed by atoms with Gasteiger partial charge in [0.1, 0.15) is 0 Å². The molecule has 0 aliphatic heterocycles. The molecule has 0 radical (unpaired) electrons. The second-order valence-electron chi connectivity index (χ2n) is 2.10. The molecular formula is C8H14O2S. The third kappa shape index (κ3) is 6.13. The summed E-state index contributed by atoms with van der Waals surface area (Å²) in [4.78, 5) is 10.9. The Bertz CT molecular complexity index is 143. The van der Waals surface area contributed by atoms with Gasteiger partial charge in [0.25, 0.3) is 0 Å². The maximum Gasteiger partial charge on any atom is 0.191 e. The molecule has 0 aromatic carbocycles. The first kappa shape index (κ1) is 10.7. The quantitative estimate of drug-likeness (QED) is 0.658. The van der Waals surface area contributed by atoms with Crippen molar-refractivity contribution >= 4 is 16.9 Å². The van der Waals surface area contributed by atoms with Crippen LogP contribution in [0.3, 0.4) is 0 Å². The normalized spacial score (nSPS) is 13.7. The van der Waals surface area contributed by atoms with E-state index in [9.17, 15) is 4.79 Å². The predicted octanol–water partition coefficient (Wildman–Crippen LogP) is 1.59. The Kier molecular flexibility index (Phi) is 6.27. The summed E-state index contributed by atoms with van der Waals surface area (Å²) in [5.41, 5.74) is 0. The van der Waals surface area contributed by atoms with Crippen LogP contribution in [0.5, 0.6) is 0 Å². The molecule has 0 saturated heterocycles. The maximum atomic E-state index is 10.9. The second kappa shape index (κ2) is 6.43. The maximum absolute atomic E-state index is 10.9. The molecule has 2 nitrogen and oxygen atoms in total. The lowest BCUT2D eigenvalue weighted by atomic mass is 10.2. The molecule has 0 saturated carbocycles. The number of carbonyl (C=O) groups excluding carboxylic acids is 1. The highest BCUT2D eigenvalue weighted by molar-refractivity contribution is 8.13. The molecule has 0 spiro atoms. The van der Waals surface area contributed by atoms with Crippen LogP contribution in [-0.2, 0) is 4.79 Å². The summed E-state index contributed by atoms with van der Waals surface area (Å²) >= 11 is 1.25. The van der Waals surface area contributed by atoms with Gasteiger partial charge in [0.15, 0.2) is 5.12 Å². The molecule has 0 aromatic heterocycles. The van der Waals surface area contributed by atoms with Gasteiger partial charge in [-0.2, -0.15) is 0 Å². The molecule has 64 valence electrons. The van der Waals surface area contributed by atoms with Crippen molar-refractivity contribution < 1.29 is 9.90 Å². The van der Waals surface area contributed by atoms with Gasteiger partial charge in [-0.25, -0.2) is 0 Å². The molecule has 0 amide bonds. The molecule has 1 N–H and O–H groups in total. The van der Waals surface area contributed by atoms with Crippen LogP contribution >= 0.6 is 11.8 Å². The van der Waals surface area contributed by atoms with Crippen LogP contribution in [0, 0.1) is 0 Å². The molecule has 1 atom stereocenters. The van der Waals surface area contributed by atoms with Crippen LogP contribution < -0.4 is 0 Å². The van der Waals surface area contributed by atoms with Crippen molar-refractivity contribution in [3.8, 4) is 0 Å². The summed E-state index contributed by atoms with van der Waals surface area (Å²) < 4.78 is 0. The summed E-state index contributed by atoms with van der Waals surface area (Å²) in [7, 11) is 0. The van der Waals surface area contributed by atoms with E-state index < -0.39 is 6.10 Å². The van der Waals surface area contributed by atoms with Crippen molar-refractivity contribution in [2.75, 3.05) is 5.75 Å². The third-order valence-corrected chi connectivity index (χ3v) is 1.87. The first-order chi connectivity index (χ1) is 5.20. The highest BCUT2D eigenvalue weighted by Gasteiger charge is 2.06. The van der Waals surface area contributed by atoms with Crippen molar-refractivity contribution in [2.45, 2.75) is 26.4 Å². The number of aliphatic hydroxyl groups excluding tert-OH is 1. The lowest BCUT2D eigenvalue weighted by Gasteiger charge is -2.01. The minimum Gasteiger partial charge on any atom is -0.389 e. The van der Waals surface area contributed by atoms with Gasteiger partial charge in [0.05, 0.1) is 6.10 Å². The van der Waals surface area contributed by atoms with E-state index in [0.717, 1.165) is 5.75 Å². The summed E-state index contributed by atoms with van der Waals surface area (Å²) in [6.45, 7) is 3.74. The SMILES string of the molecule is C/C=C/[C@H](O)CC(=O)SCC. The van der Waals surface area contributed by atoms with Gasteiger partial charge in [0, 0.05) is 6.42 Å². The van der Waals surface area contributed by atoms with Crippen LogP contribution in [0.2, 0.25) is 0 Å². The average Bonchev–Trinajstić information content (AvgIpc) is 1.87.